The largest absolute Gasteiger partial charge is 0.374 e. The fourth-order valence-corrected chi connectivity index (χ4v) is 1.42. The van der Waals surface area contributed by atoms with Crippen molar-refractivity contribution in [3.8, 4) is 0 Å². The number of piperidine rings is 1. The molecule has 1 saturated heterocycles. The molecule has 1 heterocycles. The van der Waals surface area contributed by atoms with E-state index in [4.69, 9.17) is 0 Å². The van der Waals surface area contributed by atoms with E-state index >= 15 is 0 Å². The van der Waals surface area contributed by atoms with Gasteiger partial charge in [0.15, 0.2) is 0 Å². The Kier molecular flexibility index (Phi) is 2.88. The molecule has 1 atom stereocenters. The summed E-state index contributed by atoms with van der Waals surface area (Å²) in [6.45, 7) is 2.70. The maximum atomic E-state index is 11.2. The molecule has 0 saturated carbocycles. The summed E-state index contributed by atoms with van der Waals surface area (Å²) in [6.07, 6.45) is 2.59. The summed E-state index contributed by atoms with van der Waals surface area (Å²) in [5.74, 6) is 0.102. The number of hydrogen-bond acceptors (Lipinski definition) is 2. The van der Waals surface area contributed by atoms with Crippen molar-refractivity contribution in [2.75, 3.05) is 6.54 Å². The molecule has 0 aromatic rings. The molecule has 1 aliphatic rings. The molecule has 0 aromatic heterocycles. The summed E-state index contributed by atoms with van der Waals surface area (Å²) in [5, 5.41) is 9.38. The Labute approximate surface area is 67.0 Å². The summed E-state index contributed by atoms with van der Waals surface area (Å²) in [5.41, 5.74) is 0. The molecular formula is C8H15NO2. The van der Waals surface area contributed by atoms with Gasteiger partial charge in [-0.1, -0.05) is 6.92 Å². The SMILES string of the molecule is CCCN1C(=O)CCCC1O. The summed E-state index contributed by atoms with van der Waals surface area (Å²) in [4.78, 5) is 12.7. The highest BCUT2D eigenvalue weighted by molar-refractivity contribution is 5.77. The lowest BCUT2D eigenvalue weighted by molar-refractivity contribution is -0.146. The molecule has 0 aromatic carbocycles. The molecule has 0 bridgehead atoms. The van der Waals surface area contributed by atoms with Crippen molar-refractivity contribution < 1.29 is 9.90 Å². The smallest absolute Gasteiger partial charge is 0.224 e. The topological polar surface area (TPSA) is 40.5 Å². The Hall–Kier alpha value is -0.570. The van der Waals surface area contributed by atoms with Crippen molar-refractivity contribution in [2.24, 2.45) is 0 Å². The van der Waals surface area contributed by atoms with E-state index in [1.165, 1.54) is 0 Å². The van der Waals surface area contributed by atoms with Gasteiger partial charge in [-0.3, -0.25) is 4.79 Å². The number of rotatable bonds is 2. The van der Waals surface area contributed by atoms with E-state index in [1.807, 2.05) is 6.92 Å². The van der Waals surface area contributed by atoms with Gasteiger partial charge in [-0.15, -0.1) is 0 Å². The van der Waals surface area contributed by atoms with Crippen molar-refractivity contribution >= 4 is 5.91 Å². The molecule has 1 fully saturated rings. The zero-order valence-electron chi connectivity index (χ0n) is 6.92. The standard InChI is InChI=1S/C8H15NO2/c1-2-6-9-7(10)4-3-5-8(9)11/h7,10H,2-6H2,1H3. The average molecular weight is 157 g/mol. The first-order valence-electron chi connectivity index (χ1n) is 4.23. The summed E-state index contributed by atoms with van der Waals surface area (Å²) >= 11 is 0. The van der Waals surface area contributed by atoms with Crippen molar-refractivity contribution in [1.82, 2.24) is 4.90 Å². The van der Waals surface area contributed by atoms with Crippen molar-refractivity contribution in [3.63, 3.8) is 0 Å². The number of carbonyl (C=O) groups is 1. The lowest BCUT2D eigenvalue weighted by Crippen LogP contribution is -2.43. The normalized spacial score (nSPS) is 25.8. The van der Waals surface area contributed by atoms with E-state index in [0.29, 0.717) is 13.0 Å². The predicted molar refractivity (Wildman–Crippen MR) is 41.9 cm³/mol. The molecule has 1 amide bonds. The third-order valence-electron chi connectivity index (χ3n) is 2.00. The van der Waals surface area contributed by atoms with Crippen molar-refractivity contribution in [3.05, 3.63) is 0 Å². The van der Waals surface area contributed by atoms with E-state index in [-0.39, 0.29) is 5.91 Å². The number of likely N-dealkylation sites (tertiary alicyclic amines) is 1. The number of nitrogens with zero attached hydrogens (tertiary/aromatic N) is 1. The highest BCUT2D eigenvalue weighted by Gasteiger charge is 2.24. The Bertz CT molecular complexity index is 147. The first kappa shape index (κ1) is 8.53. The maximum Gasteiger partial charge on any atom is 0.224 e. The van der Waals surface area contributed by atoms with Crippen LogP contribution in [0.3, 0.4) is 0 Å². The summed E-state index contributed by atoms with van der Waals surface area (Å²) in [7, 11) is 0. The van der Waals surface area contributed by atoms with Gasteiger partial charge in [0, 0.05) is 13.0 Å². The highest BCUT2D eigenvalue weighted by Crippen LogP contribution is 2.15. The average Bonchev–Trinajstić information content (AvgIpc) is 1.97. The van der Waals surface area contributed by atoms with Crippen LogP contribution in [0.4, 0.5) is 0 Å². The molecule has 11 heavy (non-hydrogen) atoms. The zero-order valence-corrected chi connectivity index (χ0v) is 6.92. The van der Waals surface area contributed by atoms with Gasteiger partial charge < -0.3 is 10.0 Å². The zero-order chi connectivity index (χ0) is 8.27. The molecule has 0 spiro atoms. The van der Waals surface area contributed by atoms with E-state index < -0.39 is 6.23 Å². The van der Waals surface area contributed by atoms with Crippen molar-refractivity contribution in [2.45, 2.75) is 38.8 Å². The van der Waals surface area contributed by atoms with Gasteiger partial charge in [-0.25, -0.2) is 0 Å². The Morgan fingerprint density at radius 2 is 2.45 bits per heavy atom. The molecule has 64 valence electrons. The number of amides is 1. The van der Waals surface area contributed by atoms with E-state index in [1.54, 1.807) is 4.90 Å². The Morgan fingerprint density at radius 1 is 1.73 bits per heavy atom. The van der Waals surface area contributed by atoms with Crippen LogP contribution in [0.5, 0.6) is 0 Å². The van der Waals surface area contributed by atoms with Crippen LogP contribution in [0.1, 0.15) is 32.6 Å². The van der Waals surface area contributed by atoms with Gasteiger partial charge in [-0.2, -0.15) is 0 Å². The van der Waals surface area contributed by atoms with Crippen LogP contribution in [-0.4, -0.2) is 28.7 Å². The first-order chi connectivity index (χ1) is 5.25. The number of hydrogen-bond donors (Lipinski definition) is 1. The highest BCUT2D eigenvalue weighted by atomic mass is 16.3. The molecular weight excluding hydrogens is 142 g/mol. The van der Waals surface area contributed by atoms with Crippen LogP contribution >= 0.6 is 0 Å². The second-order valence-corrected chi connectivity index (χ2v) is 2.96. The fraction of sp³-hybridized carbons (Fsp3) is 0.875. The molecule has 0 radical (unpaired) electrons. The molecule has 3 nitrogen and oxygen atoms in total. The third-order valence-corrected chi connectivity index (χ3v) is 2.00. The van der Waals surface area contributed by atoms with Crippen LogP contribution in [0.2, 0.25) is 0 Å². The third kappa shape index (κ3) is 1.93. The minimum absolute atomic E-state index is 0.102. The van der Waals surface area contributed by atoms with Crippen molar-refractivity contribution in [1.29, 1.82) is 0 Å². The molecule has 3 heteroatoms. The minimum Gasteiger partial charge on any atom is -0.374 e. The van der Waals surface area contributed by atoms with E-state index in [0.717, 1.165) is 19.3 Å². The Morgan fingerprint density at radius 3 is 3.00 bits per heavy atom. The van der Waals surface area contributed by atoms with Crippen LogP contribution < -0.4 is 0 Å². The lowest BCUT2D eigenvalue weighted by atomic mass is 10.1. The van der Waals surface area contributed by atoms with Gasteiger partial charge >= 0.3 is 0 Å². The van der Waals surface area contributed by atoms with Gasteiger partial charge in [0.25, 0.3) is 0 Å². The van der Waals surface area contributed by atoms with Crippen LogP contribution in [0.15, 0.2) is 0 Å². The first-order valence-corrected chi connectivity index (χ1v) is 4.23. The quantitative estimate of drug-likeness (QED) is 0.642. The van der Waals surface area contributed by atoms with Gasteiger partial charge in [0.1, 0.15) is 6.23 Å². The molecule has 0 aliphatic carbocycles. The predicted octanol–water partition coefficient (Wildman–Crippen LogP) is 0.727. The minimum atomic E-state index is -0.517. The fourth-order valence-electron chi connectivity index (χ4n) is 1.42. The number of aliphatic hydroxyl groups excluding tert-OH is 1. The van der Waals surface area contributed by atoms with Crippen LogP contribution in [0, 0.1) is 0 Å². The van der Waals surface area contributed by atoms with Crippen LogP contribution in [-0.2, 0) is 4.79 Å². The monoisotopic (exact) mass is 157 g/mol. The maximum absolute atomic E-state index is 11.2. The molecule has 1 N–H and O–H groups in total. The number of aliphatic hydroxyl groups is 1. The molecule has 1 rings (SSSR count). The molecule has 1 aliphatic heterocycles. The van der Waals surface area contributed by atoms with Crippen LogP contribution in [0.25, 0.3) is 0 Å². The Balaban J connectivity index is 2.48. The van der Waals surface area contributed by atoms with E-state index in [2.05, 4.69) is 0 Å². The molecule has 1 unspecified atom stereocenters. The second-order valence-electron chi connectivity index (χ2n) is 2.96. The summed E-state index contributed by atoms with van der Waals surface area (Å²) < 4.78 is 0. The van der Waals surface area contributed by atoms with E-state index in [9.17, 15) is 9.90 Å². The summed E-state index contributed by atoms with van der Waals surface area (Å²) in [6, 6.07) is 0. The second kappa shape index (κ2) is 3.72. The lowest BCUT2D eigenvalue weighted by Gasteiger charge is -2.31. The number of carbonyl (C=O) groups excluding carboxylic acids is 1. The van der Waals surface area contributed by atoms with Gasteiger partial charge in [0.05, 0.1) is 0 Å². The van der Waals surface area contributed by atoms with Gasteiger partial charge in [0.2, 0.25) is 5.91 Å². The van der Waals surface area contributed by atoms with Gasteiger partial charge in [-0.05, 0) is 19.3 Å².